The van der Waals surface area contributed by atoms with E-state index in [2.05, 4.69) is 22.0 Å². The maximum atomic E-state index is 8.47. The molecule has 0 atom stereocenters. The number of aromatic nitrogens is 2. The smallest absolute Gasteiger partial charge is 0.0686 e. The zero-order valence-electron chi connectivity index (χ0n) is 11.3. The van der Waals surface area contributed by atoms with Gasteiger partial charge < -0.3 is 0 Å². The first-order valence-corrected chi connectivity index (χ1v) is 6.86. The third-order valence-corrected chi connectivity index (χ3v) is 3.26. The summed E-state index contributed by atoms with van der Waals surface area (Å²) >= 11 is 0. The molecule has 0 N–H and O–H groups in total. The van der Waals surface area contributed by atoms with Crippen LogP contribution in [0.3, 0.4) is 0 Å². The Balaban J connectivity index is 2.05. The highest BCUT2D eigenvalue weighted by atomic mass is 15.3. The summed E-state index contributed by atoms with van der Waals surface area (Å²) in [6.45, 7) is 3.14. The molecule has 1 aromatic carbocycles. The fraction of sp³-hybridized carbons (Fsp3) is 0.500. The molecule has 0 radical (unpaired) electrons. The fourth-order valence-electron chi connectivity index (χ4n) is 2.22. The molecule has 0 amide bonds. The molecule has 5 heteroatoms. The van der Waals surface area contributed by atoms with Crippen LogP contribution in [0.2, 0.25) is 0 Å². The van der Waals surface area contributed by atoms with Crippen LogP contribution in [-0.4, -0.2) is 9.78 Å². The van der Waals surface area contributed by atoms with Gasteiger partial charge in [0, 0.05) is 22.5 Å². The Bertz CT molecular complexity index is 581. The fourth-order valence-corrected chi connectivity index (χ4v) is 2.22. The van der Waals surface area contributed by atoms with Crippen molar-refractivity contribution in [1.82, 2.24) is 9.78 Å². The van der Waals surface area contributed by atoms with Crippen LogP contribution < -0.4 is 0 Å². The first kappa shape index (κ1) is 13.4. The lowest BCUT2D eigenvalue weighted by Gasteiger charge is -2.04. The Hall–Kier alpha value is -2.00. The SMILES string of the molecule is CCCCCCCn1ncc2ccc(N=[N+]=[N-])cc21. The number of aryl methyl sites for hydroxylation is 1. The molecule has 1 aromatic heterocycles. The average Bonchev–Trinajstić information content (AvgIpc) is 2.82. The van der Waals surface area contributed by atoms with Crippen LogP contribution in [0.5, 0.6) is 0 Å². The molecule has 0 aliphatic rings. The minimum atomic E-state index is 0.641. The maximum Gasteiger partial charge on any atom is 0.0686 e. The molecule has 1 heterocycles. The first-order valence-electron chi connectivity index (χ1n) is 6.86. The van der Waals surface area contributed by atoms with E-state index in [0.29, 0.717) is 5.69 Å². The van der Waals surface area contributed by atoms with Crippen LogP contribution in [0.1, 0.15) is 39.0 Å². The van der Waals surface area contributed by atoms with Crippen molar-refractivity contribution in [2.75, 3.05) is 0 Å². The lowest BCUT2D eigenvalue weighted by atomic mass is 10.1. The van der Waals surface area contributed by atoms with Crippen molar-refractivity contribution in [3.63, 3.8) is 0 Å². The topological polar surface area (TPSA) is 66.6 Å². The first-order chi connectivity index (χ1) is 9.35. The molecular weight excluding hydrogens is 238 g/mol. The van der Waals surface area contributed by atoms with E-state index in [9.17, 15) is 0 Å². The van der Waals surface area contributed by atoms with Gasteiger partial charge in [-0.05, 0) is 18.0 Å². The molecule has 0 saturated heterocycles. The van der Waals surface area contributed by atoms with E-state index < -0.39 is 0 Å². The van der Waals surface area contributed by atoms with Crippen molar-refractivity contribution in [2.45, 2.75) is 45.6 Å². The zero-order chi connectivity index (χ0) is 13.5. The van der Waals surface area contributed by atoms with Gasteiger partial charge in [-0.2, -0.15) is 5.10 Å². The lowest BCUT2D eigenvalue weighted by Crippen LogP contribution is -1.99. The van der Waals surface area contributed by atoms with Crippen LogP contribution in [0.4, 0.5) is 5.69 Å². The van der Waals surface area contributed by atoms with E-state index >= 15 is 0 Å². The third-order valence-electron chi connectivity index (χ3n) is 3.26. The van der Waals surface area contributed by atoms with Crippen molar-refractivity contribution in [3.05, 3.63) is 34.8 Å². The van der Waals surface area contributed by atoms with Crippen LogP contribution >= 0.6 is 0 Å². The lowest BCUT2D eigenvalue weighted by molar-refractivity contribution is 0.544. The van der Waals surface area contributed by atoms with Crippen molar-refractivity contribution in [2.24, 2.45) is 5.11 Å². The van der Waals surface area contributed by atoms with E-state index in [-0.39, 0.29) is 0 Å². The monoisotopic (exact) mass is 257 g/mol. The number of azide groups is 1. The number of fused-ring (bicyclic) bond motifs is 1. The van der Waals surface area contributed by atoms with Gasteiger partial charge in [0.05, 0.1) is 11.7 Å². The van der Waals surface area contributed by atoms with Gasteiger partial charge in [-0.1, -0.05) is 49.9 Å². The number of nitrogens with zero attached hydrogens (tertiary/aromatic N) is 5. The van der Waals surface area contributed by atoms with Gasteiger partial charge in [0.1, 0.15) is 0 Å². The van der Waals surface area contributed by atoms with Crippen molar-refractivity contribution >= 4 is 16.6 Å². The summed E-state index contributed by atoms with van der Waals surface area (Å²) < 4.78 is 2.00. The molecule has 5 nitrogen and oxygen atoms in total. The summed E-state index contributed by atoms with van der Waals surface area (Å²) in [4.78, 5) is 2.82. The summed E-state index contributed by atoms with van der Waals surface area (Å²) in [5, 5.41) is 9.12. The van der Waals surface area contributed by atoms with Crippen LogP contribution in [0, 0.1) is 0 Å². The van der Waals surface area contributed by atoms with E-state index in [4.69, 9.17) is 5.53 Å². The molecular formula is C14H19N5. The van der Waals surface area contributed by atoms with E-state index in [1.54, 1.807) is 0 Å². The zero-order valence-corrected chi connectivity index (χ0v) is 11.3. The van der Waals surface area contributed by atoms with E-state index in [0.717, 1.165) is 23.9 Å². The summed E-state index contributed by atoms with van der Waals surface area (Å²) in [5.74, 6) is 0. The van der Waals surface area contributed by atoms with Crippen molar-refractivity contribution < 1.29 is 0 Å². The minimum Gasteiger partial charge on any atom is -0.265 e. The Morgan fingerprint density at radius 1 is 1.26 bits per heavy atom. The molecule has 0 saturated carbocycles. The van der Waals surface area contributed by atoms with Crippen LogP contribution in [0.15, 0.2) is 29.5 Å². The summed E-state index contributed by atoms with van der Waals surface area (Å²) in [7, 11) is 0. The molecule has 0 spiro atoms. The second kappa shape index (κ2) is 6.81. The molecule has 0 unspecified atom stereocenters. The summed E-state index contributed by atoms with van der Waals surface area (Å²) in [6.07, 6.45) is 8.11. The molecule has 19 heavy (non-hydrogen) atoms. The summed E-state index contributed by atoms with van der Waals surface area (Å²) in [6, 6.07) is 5.66. The van der Waals surface area contributed by atoms with Gasteiger partial charge in [-0.15, -0.1) is 0 Å². The van der Waals surface area contributed by atoms with Gasteiger partial charge in [-0.3, -0.25) is 4.68 Å². The van der Waals surface area contributed by atoms with E-state index in [1.807, 2.05) is 29.1 Å². The van der Waals surface area contributed by atoms with Crippen molar-refractivity contribution in [3.8, 4) is 0 Å². The molecule has 0 aliphatic carbocycles. The number of unbranched alkanes of at least 4 members (excludes halogenated alkanes) is 4. The highest BCUT2D eigenvalue weighted by Gasteiger charge is 2.03. The maximum absolute atomic E-state index is 8.47. The highest BCUT2D eigenvalue weighted by Crippen LogP contribution is 2.21. The molecule has 100 valence electrons. The average molecular weight is 257 g/mol. The van der Waals surface area contributed by atoms with Gasteiger partial charge in [-0.25, -0.2) is 0 Å². The van der Waals surface area contributed by atoms with E-state index in [1.165, 1.54) is 25.7 Å². The van der Waals surface area contributed by atoms with Gasteiger partial charge in [0.15, 0.2) is 0 Å². The molecule has 0 bridgehead atoms. The molecule has 2 rings (SSSR count). The second-order valence-corrected chi connectivity index (χ2v) is 4.71. The predicted octanol–water partition coefficient (Wildman–Crippen LogP) is 4.95. The largest absolute Gasteiger partial charge is 0.265 e. The molecule has 0 fully saturated rings. The quantitative estimate of drug-likeness (QED) is 0.299. The second-order valence-electron chi connectivity index (χ2n) is 4.71. The Kier molecular flexibility index (Phi) is 4.81. The predicted molar refractivity (Wildman–Crippen MR) is 77.3 cm³/mol. The standard InChI is InChI=1S/C14H19N5/c1-2-3-4-5-6-9-19-14-10-13(17-18-15)8-7-12(14)11-16-19/h7-8,10-11H,2-6,9H2,1H3. The number of hydrogen-bond acceptors (Lipinski definition) is 2. The normalized spacial score (nSPS) is 10.6. The van der Waals surface area contributed by atoms with Crippen LogP contribution in [0.25, 0.3) is 21.3 Å². The van der Waals surface area contributed by atoms with Gasteiger partial charge in [0.25, 0.3) is 0 Å². The van der Waals surface area contributed by atoms with Gasteiger partial charge in [0.2, 0.25) is 0 Å². The number of hydrogen-bond donors (Lipinski definition) is 0. The molecule has 0 aliphatic heterocycles. The minimum absolute atomic E-state index is 0.641. The van der Waals surface area contributed by atoms with Crippen molar-refractivity contribution in [1.29, 1.82) is 0 Å². The highest BCUT2D eigenvalue weighted by molar-refractivity contribution is 5.81. The number of benzene rings is 1. The van der Waals surface area contributed by atoms with Gasteiger partial charge >= 0.3 is 0 Å². The molecule has 2 aromatic rings. The summed E-state index contributed by atoms with van der Waals surface area (Å²) in [5.41, 5.74) is 10.2. The number of rotatable bonds is 7. The Labute approximate surface area is 112 Å². The Morgan fingerprint density at radius 2 is 2.11 bits per heavy atom. The third kappa shape index (κ3) is 3.48. The van der Waals surface area contributed by atoms with Crippen LogP contribution in [-0.2, 0) is 6.54 Å². The Morgan fingerprint density at radius 3 is 2.89 bits per heavy atom.